The van der Waals surface area contributed by atoms with Crippen molar-refractivity contribution in [2.75, 3.05) is 25.2 Å². The Kier molecular flexibility index (Phi) is 7.25. The van der Waals surface area contributed by atoms with Crippen molar-refractivity contribution in [3.05, 3.63) is 29.8 Å². The minimum atomic E-state index is -0.993. The maximum absolute atomic E-state index is 11.0. The van der Waals surface area contributed by atoms with Crippen molar-refractivity contribution < 1.29 is 18.8 Å². The predicted octanol–water partition coefficient (Wildman–Crippen LogP) is 1.51. The molecule has 0 bridgehead atoms. The third kappa shape index (κ3) is 6.16. The fraction of sp³-hybridized carbons (Fsp3) is 0.500. The molecule has 0 heterocycles. The van der Waals surface area contributed by atoms with Gasteiger partial charge in [-0.25, -0.2) is 4.79 Å². The van der Waals surface area contributed by atoms with Gasteiger partial charge in [-0.15, -0.1) is 0 Å². The number of hydrogen-bond donors (Lipinski definition) is 2. The summed E-state index contributed by atoms with van der Waals surface area (Å²) in [6.07, 6.45) is 2.54. The lowest BCUT2D eigenvalue weighted by Crippen LogP contribution is -2.31. The maximum atomic E-state index is 11.0. The minimum absolute atomic E-state index is 0.168. The highest BCUT2D eigenvalue weighted by atomic mass is 32.2. The quantitative estimate of drug-likeness (QED) is 0.676. The van der Waals surface area contributed by atoms with E-state index in [1.807, 2.05) is 6.92 Å². The molecule has 0 spiro atoms. The SMILES string of the molecule is CC(CCS(C)=O)NCCOc1ccccc1C(=O)O. The highest BCUT2D eigenvalue weighted by Crippen LogP contribution is 2.17. The Labute approximate surface area is 121 Å². The third-order valence-electron chi connectivity index (χ3n) is 2.81. The molecule has 6 heteroatoms. The summed E-state index contributed by atoms with van der Waals surface area (Å²) in [5.74, 6) is 0.0631. The molecule has 2 N–H and O–H groups in total. The predicted molar refractivity (Wildman–Crippen MR) is 79.9 cm³/mol. The van der Waals surface area contributed by atoms with Crippen LogP contribution in [0.1, 0.15) is 23.7 Å². The summed E-state index contributed by atoms with van der Waals surface area (Å²) in [7, 11) is -0.768. The molecule has 0 saturated carbocycles. The van der Waals surface area contributed by atoms with Crippen LogP contribution in [0.25, 0.3) is 0 Å². The van der Waals surface area contributed by atoms with Crippen molar-refractivity contribution in [3.63, 3.8) is 0 Å². The fourth-order valence-electron chi connectivity index (χ4n) is 1.68. The summed E-state index contributed by atoms with van der Waals surface area (Å²) < 4.78 is 16.4. The second kappa shape index (κ2) is 8.71. The first kappa shape index (κ1) is 16.7. The second-order valence-electron chi connectivity index (χ2n) is 4.57. The third-order valence-corrected chi connectivity index (χ3v) is 3.62. The van der Waals surface area contributed by atoms with E-state index in [0.717, 1.165) is 6.42 Å². The number of benzene rings is 1. The van der Waals surface area contributed by atoms with Gasteiger partial charge in [-0.3, -0.25) is 4.21 Å². The fourth-order valence-corrected chi connectivity index (χ4v) is 2.37. The molecular weight excluding hydrogens is 278 g/mol. The molecule has 0 saturated heterocycles. The van der Waals surface area contributed by atoms with Gasteiger partial charge < -0.3 is 15.2 Å². The van der Waals surface area contributed by atoms with E-state index in [1.165, 1.54) is 6.07 Å². The smallest absolute Gasteiger partial charge is 0.339 e. The first-order valence-electron chi connectivity index (χ1n) is 6.49. The number of carbonyl (C=O) groups is 1. The van der Waals surface area contributed by atoms with E-state index in [9.17, 15) is 9.00 Å². The van der Waals surface area contributed by atoms with Crippen molar-refractivity contribution in [2.45, 2.75) is 19.4 Å². The maximum Gasteiger partial charge on any atom is 0.339 e. The molecule has 1 rings (SSSR count). The van der Waals surface area contributed by atoms with Crippen molar-refractivity contribution in [3.8, 4) is 5.75 Å². The standard InChI is InChI=1S/C14H21NO4S/c1-11(7-10-20(2)18)15-8-9-19-13-6-4-3-5-12(13)14(16)17/h3-6,11,15H,7-10H2,1-2H3,(H,16,17). The van der Waals surface area contributed by atoms with Gasteiger partial charge in [-0.1, -0.05) is 12.1 Å². The first-order valence-corrected chi connectivity index (χ1v) is 8.22. The number of rotatable bonds is 9. The average Bonchev–Trinajstić information content (AvgIpc) is 2.41. The summed E-state index contributed by atoms with van der Waals surface area (Å²) in [6, 6.07) is 6.84. The summed E-state index contributed by atoms with van der Waals surface area (Å²) in [4.78, 5) is 11.0. The number of aromatic carboxylic acids is 1. The van der Waals surface area contributed by atoms with Gasteiger partial charge in [0.05, 0.1) is 0 Å². The van der Waals surface area contributed by atoms with Gasteiger partial charge in [0.1, 0.15) is 17.9 Å². The van der Waals surface area contributed by atoms with Crippen molar-refractivity contribution >= 4 is 16.8 Å². The number of ether oxygens (including phenoxy) is 1. The number of carboxylic acids is 1. The Morgan fingerprint density at radius 2 is 2.15 bits per heavy atom. The number of hydrogen-bond acceptors (Lipinski definition) is 4. The van der Waals surface area contributed by atoms with E-state index >= 15 is 0 Å². The second-order valence-corrected chi connectivity index (χ2v) is 6.13. The Morgan fingerprint density at radius 1 is 1.45 bits per heavy atom. The number of para-hydroxylation sites is 1. The van der Waals surface area contributed by atoms with E-state index < -0.39 is 16.8 Å². The van der Waals surface area contributed by atoms with E-state index in [4.69, 9.17) is 9.84 Å². The minimum Gasteiger partial charge on any atom is -0.491 e. The summed E-state index contributed by atoms with van der Waals surface area (Å²) in [5.41, 5.74) is 0.168. The topological polar surface area (TPSA) is 75.6 Å². The summed E-state index contributed by atoms with van der Waals surface area (Å²) in [5, 5.41) is 12.3. The molecule has 0 aromatic heterocycles. The normalized spacial score (nSPS) is 13.7. The molecule has 112 valence electrons. The Hall–Kier alpha value is -1.40. The zero-order chi connectivity index (χ0) is 15.0. The van der Waals surface area contributed by atoms with Crippen LogP contribution in [0.2, 0.25) is 0 Å². The lowest BCUT2D eigenvalue weighted by atomic mass is 10.2. The molecule has 0 radical (unpaired) electrons. The molecule has 1 aromatic rings. The summed E-state index contributed by atoms with van der Waals surface area (Å²) >= 11 is 0. The molecule has 0 amide bonds. The largest absolute Gasteiger partial charge is 0.491 e. The van der Waals surface area contributed by atoms with Gasteiger partial charge in [0, 0.05) is 35.4 Å². The van der Waals surface area contributed by atoms with Gasteiger partial charge in [0.15, 0.2) is 0 Å². The van der Waals surface area contributed by atoms with E-state index in [2.05, 4.69) is 5.32 Å². The highest BCUT2D eigenvalue weighted by molar-refractivity contribution is 7.84. The summed E-state index contributed by atoms with van der Waals surface area (Å²) in [6.45, 7) is 3.04. The molecule has 0 aliphatic heterocycles. The lowest BCUT2D eigenvalue weighted by Gasteiger charge is -2.14. The van der Waals surface area contributed by atoms with Crippen LogP contribution in [0.4, 0.5) is 0 Å². The van der Waals surface area contributed by atoms with Gasteiger partial charge in [0.25, 0.3) is 0 Å². The van der Waals surface area contributed by atoms with Crippen molar-refractivity contribution in [1.82, 2.24) is 5.32 Å². The van der Waals surface area contributed by atoms with Crippen LogP contribution >= 0.6 is 0 Å². The van der Waals surface area contributed by atoms with Crippen LogP contribution in [0, 0.1) is 0 Å². The number of carboxylic acid groups (broad SMARTS) is 1. The van der Waals surface area contributed by atoms with Crippen molar-refractivity contribution in [1.29, 1.82) is 0 Å². The van der Waals surface area contributed by atoms with Crippen LogP contribution in [0.3, 0.4) is 0 Å². The van der Waals surface area contributed by atoms with Crippen LogP contribution in [-0.4, -0.2) is 46.5 Å². The van der Waals surface area contributed by atoms with Gasteiger partial charge in [-0.05, 0) is 25.5 Å². The lowest BCUT2D eigenvalue weighted by molar-refractivity contribution is 0.0692. The molecule has 1 aromatic carbocycles. The molecule has 2 atom stereocenters. The molecule has 0 aliphatic carbocycles. The van der Waals surface area contributed by atoms with Gasteiger partial charge in [0.2, 0.25) is 0 Å². The van der Waals surface area contributed by atoms with Gasteiger partial charge in [-0.2, -0.15) is 0 Å². The van der Waals surface area contributed by atoms with Crippen LogP contribution in [0.15, 0.2) is 24.3 Å². The zero-order valence-corrected chi connectivity index (χ0v) is 12.6. The molecule has 0 aliphatic rings. The molecule has 20 heavy (non-hydrogen) atoms. The average molecular weight is 299 g/mol. The monoisotopic (exact) mass is 299 g/mol. The van der Waals surface area contributed by atoms with Gasteiger partial charge >= 0.3 is 5.97 Å². The Bertz CT molecular complexity index is 464. The van der Waals surface area contributed by atoms with E-state index in [1.54, 1.807) is 24.5 Å². The van der Waals surface area contributed by atoms with Crippen LogP contribution in [0.5, 0.6) is 5.75 Å². The number of nitrogens with one attached hydrogen (secondary N) is 1. The molecule has 0 fully saturated rings. The van der Waals surface area contributed by atoms with Crippen LogP contribution < -0.4 is 10.1 Å². The Balaban J connectivity index is 2.31. The van der Waals surface area contributed by atoms with E-state index in [0.29, 0.717) is 24.7 Å². The highest BCUT2D eigenvalue weighted by Gasteiger charge is 2.09. The first-order chi connectivity index (χ1) is 9.50. The molecular formula is C14H21NO4S. The van der Waals surface area contributed by atoms with Crippen LogP contribution in [-0.2, 0) is 10.8 Å². The zero-order valence-electron chi connectivity index (χ0n) is 11.8. The van der Waals surface area contributed by atoms with E-state index in [-0.39, 0.29) is 11.6 Å². The molecule has 5 nitrogen and oxygen atoms in total. The van der Waals surface area contributed by atoms with Crippen molar-refractivity contribution in [2.24, 2.45) is 0 Å². The Morgan fingerprint density at radius 3 is 2.80 bits per heavy atom. The molecule has 2 unspecified atom stereocenters.